The topological polar surface area (TPSA) is 57.8 Å². The monoisotopic (exact) mass is 327 g/mol. The van der Waals surface area contributed by atoms with E-state index in [0.29, 0.717) is 27.4 Å². The number of halogens is 2. The van der Waals surface area contributed by atoms with Crippen molar-refractivity contribution in [2.45, 2.75) is 6.54 Å². The molecular weight excluding hydrogens is 317 g/mol. The van der Waals surface area contributed by atoms with Crippen LogP contribution in [0.3, 0.4) is 0 Å². The maximum atomic E-state index is 13.5. The second-order valence-electron chi connectivity index (χ2n) is 4.88. The Morgan fingerprint density at radius 3 is 2.86 bits per heavy atom. The van der Waals surface area contributed by atoms with Gasteiger partial charge in [-0.25, -0.2) is 14.2 Å². The lowest BCUT2D eigenvalue weighted by atomic mass is 10.3. The maximum Gasteiger partial charge on any atom is 0.356 e. The summed E-state index contributed by atoms with van der Waals surface area (Å²) in [5, 5.41) is 9.33. The number of nitrogens with zero attached hydrogens (tertiary/aromatic N) is 3. The van der Waals surface area contributed by atoms with Crippen LogP contribution in [-0.2, 0) is 6.54 Å². The van der Waals surface area contributed by atoms with Gasteiger partial charge in [0.1, 0.15) is 5.82 Å². The fourth-order valence-electron chi connectivity index (χ4n) is 2.25. The molecule has 0 amide bonds. The highest BCUT2D eigenvalue weighted by molar-refractivity contribution is 7.24. The van der Waals surface area contributed by atoms with Crippen molar-refractivity contribution >= 4 is 44.1 Å². The van der Waals surface area contributed by atoms with E-state index in [4.69, 9.17) is 11.6 Å². The Morgan fingerprint density at radius 1 is 1.52 bits per heavy atom. The maximum absolute atomic E-state index is 13.5. The number of aromatic nitrogens is 2. The standard InChI is InChI=1S/C13H11ClFN3O2S/c1-17(2)5-8-10(12(19)20)16-13-18(8)7-4-3-6(15)9(14)11(7)21-13/h3-4H,5H2,1-2H3,(H,19,20). The van der Waals surface area contributed by atoms with Crippen molar-refractivity contribution in [1.82, 2.24) is 14.3 Å². The number of aromatic carboxylic acids is 1. The Bertz CT molecular complexity index is 871. The van der Waals surface area contributed by atoms with Gasteiger partial charge in [0.25, 0.3) is 0 Å². The molecule has 1 N–H and O–H groups in total. The minimum Gasteiger partial charge on any atom is -0.476 e. The number of hydrogen-bond donors (Lipinski definition) is 1. The number of hydrogen-bond acceptors (Lipinski definition) is 4. The molecule has 3 aromatic rings. The van der Waals surface area contributed by atoms with Crippen LogP contribution < -0.4 is 0 Å². The Labute approximate surface area is 128 Å². The third-order valence-electron chi connectivity index (χ3n) is 3.07. The Kier molecular flexibility index (Phi) is 3.35. The van der Waals surface area contributed by atoms with E-state index in [2.05, 4.69) is 4.98 Å². The van der Waals surface area contributed by atoms with Crippen LogP contribution in [0.2, 0.25) is 5.02 Å². The number of thiazole rings is 1. The second-order valence-corrected chi connectivity index (χ2v) is 6.24. The van der Waals surface area contributed by atoms with Crippen LogP contribution in [0, 0.1) is 5.82 Å². The Balaban J connectivity index is 2.40. The molecule has 0 aliphatic carbocycles. The highest BCUT2D eigenvalue weighted by atomic mass is 35.5. The van der Waals surface area contributed by atoms with E-state index < -0.39 is 11.8 Å². The molecule has 2 aromatic heterocycles. The molecule has 0 aliphatic rings. The van der Waals surface area contributed by atoms with Gasteiger partial charge in [-0.05, 0) is 26.2 Å². The molecule has 5 nitrogen and oxygen atoms in total. The highest BCUT2D eigenvalue weighted by Crippen LogP contribution is 2.35. The van der Waals surface area contributed by atoms with Crippen molar-refractivity contribution < 1.29 is 14.3 Å². The first-order valence-corrected chi connectivity index (χ1v) is 7.25. The zero-order valence-electron chi connectivity index (χ0n) is 11.2. The smallest absolute Gasteiger partial charge is 0.356 e. The van der Waals surface area contributed by atoms with Gasteiger partial charge in [0.2, 0.25) is 0 Å². The average Bonchev–Trinajstić information content (AvgIpc) is 2.91. The van der Waals surface area contributed by atoms with Crippen LogP contribution in [0.4, 0.5) is 4.39 Å². The van der Waals surface area contributed by atoms with Crippen LogP contribution in [0.1, 0.15) is 16.2 Å². The van der Waals surface area contributed by atoms with Crippen LogP contribution in [0.5, 0.6) is 0 Å². The summed E-state index contributed by atoms with van der Waals surface area (Å²) in [6, 6.07) is 2.86. The number of benzene rings is 1. The summed E-state index contributed by atoms with van der Waals surface area (Å²) in [6.45, 7) is 0.406. The minimum atomic E-state index is -1.08. The molecule has 0 radical (unpaired) electrons. The predicted molar refractivity (Wildman–Crippen MR) is 79.9 cm³/mol. The molecule has 0 saturated carbocycles. The lowest BCUT2D eigenvalue weighted by molar-refractivity contribution is 0.0689. The van der Waals surface area contributed by atoms with Crippen molar-refractivity contribution in [3.63, 3.8) is 0 Å². The molecule has 0 atom stereocenters. The Hall–Kier alpha value is -1.70. The fourth-order valence-corrected chi connectivity index (χ4v) is 3.60. The van der Waals surface area contributed by atoms with E-state index in [-0.39, 0.29) is 10.7 Å². The van der Waals surface area contributed by atoms with Gasteiger partial charge < -0.3 is 10.0 Å². The third kappa shape index (κ3) is 2.17. The van der Waals surface area contributed by atoms with Gasteiger partial charge in [-0.2, -0.15) is 0 Å². The first kappa shape index (κ1) is 14.2. The number of carbonyl (C=O) groups is 1. The summed E-state index contributed by atoms with van der Waals surface area (Å²) in [5.41, 5.74) is 1.23. The highest BCUT2D eigenvalue weighted by Gasteiger charge is 2.23. The van der Waals surface area contributed by atoms with Gasteiger partial charge in [0, 0.05) is 6.54 Å². The molecular formula is C13H11ClFN3O2S. The molecule has 0 unspecified atom stereocenters. The van der Waals surface area contributed by atoms with Crippen molar-refractivity contribution in [3.05, 3.63) is 34.4 Å². The van der Waals surface area contributed by atoms with Gasteiger partial charge in [0.05, 0.1) is 20.9 Å². The molecule has 3 rings (SSSR count). The first-order chi connectivity index (χ1) is 9.90. The van der Waals surface area contributed by atoms with Crippen molar-refractivity contribution in [3.8, 4) is 0 Å². The summed E-state index contributed by atoms with van der Waals surface area (Å²) < 4.78 is 15.8. The summed E-state index contributed by atoms with van der Waals surface area (Å²) >= 11 is 7.16. The molecule has 110 valence electrons. The van der Waals surface area contributed by atoms with Crippen LogP contribution in [0.25, 0.3) is 15.2 Å². The zero-order chi connectivity index (χ0) is 15.3. The summed E-state index contributed by atoms with van der Waals surface area (Å²) in [5.74, 6) is -1.58. The zero-order valence-corrected chi connectivity index (χ0v) is 12.8. The number of carboxylic acid groups (broad SMARTS) is 1. The SMILES string of the molecule is CN(C)Cc1c(C(=O)O)nc2sc3c(Cl)c(F)ccc3n12. The molecule has 2 heterocycles. The van der Waals surface area contributed by atoms with Crippen LogP contribution in [0.15, 0.2) is 12.1 Å². The molecule has 1 aromatic carbocycles. The van der Waals surface area contributed by atoms with Gasteiger partial charge >= 0.3 is 5.97 Å². The Morgan fingerprint density at radius 2 is 2.24 bits per heavy atom. The summed E-state index contributed by atoms with van der Waals surface area (Å²) in [6.07, 6.45) is 0. The lowest BCUT2D eigenvalue weighted by Crippen LogP contribution is -2.15. The third-order valence-corrected chi connectivity index (χ3v) is 4.63. The average molecular weight is 328 g/mol. The summed E-state index contributed by atoms with van der Waals surface area (Å²) in [7, 11) is 3.68. The fraction of sp³-hybridized carbons (Fsp3) is 0.231. The molecule has 8 heteroatoms. The van der Waals surface area contributed by atoms with E-state index in [9.17, 15) is 14.3 Å². The first-order valence-electron chi connectivity index (χ1n) is 6.06. The predicted octanol–water partition coefficient (Wildman–Crippen LogP) is 3.10. The quantitative estimate of drug-likeness (QED) is 0.803. The van der Waals surface area contributed by atoms with E-state index in [1.165, 1.54) is 17.4 Å². The van der Waals surface area contributed by atoms with Crippen molar-refractivity contribution in [2.24, 2.45) is 0 Å². The number of imidazole rings is 1. The summed E-state index contributed by atoms with van der Waals surface area (Å²) in [4.78, 5) is 17.8. The van der Waals surface area contributed by atoms with Crippen LogP contribution >= 0.6 is 22.9 Å². The minimum absolute atomic E-state index is 0.0114. The molecule has 0 saturated heterocycles. The molecule has 0 fully saturated rings. The van der Waals surface area contributed by atoms with Crippen molar-refractivity contribution in [1.29, 1.82) is 0 Å². The van der Waals surface area contributed by atoms with Crippen LogP contribution in [-0.4, -0.2) is 39.5 Å². The number of carboxylic acids is 1. The van der Waals surface area contributed by atoms with Gasteiger partial charge in [-0.15, -0.1) is 0 Å². The number of rotatable bonds is 3. The van der Waals surface area contributed by atoms with Gasteiger partial charge in [-0.3, -0.25) is 4.40 Å². The van der Waals surface area contributed by atoms with E-state index in [1.54, 1.807) is 10.5 Å². The van der Waals surface area contributed by atoms with E-state index in [1.807, 2.05) is 19.0 Å². The lowest BCUT2D eigenvalue weighted by Gasteiger charge is -2.10. The molecule has 0 aliphatic heterocycles. The largest absolute Gasteiger partial charge is 0.476 e. The van der Waals surface area contributed by atoms with Gasteiger partial charge in [-0.1, -0.05) is 22.9 Å². The van der Waals surface area contributed by atoms with E-state index in [0.717, 1.165) is 0 Å². The van der Waals surface area contributed by atoms with Crippen molar-refractivity contribution in [2.75, 3.05) is 14.1 Å². The normalized spacial score (nSPS) is 11.9. The molecule has 0 spiro atoms. The molecule has 21 heavy (non-hydrogen) atoms. The van der Waals surface area contributed by atoms with Gasteiger partial charge in [0.15, 0.2) is 10.7 Å². The van der Waals surface area contributed by atoms with E-state index >= 15 is 0 Å². The molecule has 0 bridgehead atoms. The second kappa shape index (κ2) is 4.94. The number of fused-ring (bicyclic) bond motifs is 3.